The largest absolute Gasteiger partial charge is 0.467 e. The average Bonchev–Trinajstić information content (AvgIpc) is 2.99. The van der Waals surface area contributed by atoms with Crippen LogP contribution in [-0.4, -0.2) is 22.8 Å². The third kappa shape index (κ3) is 3.98. The summed E-state index contributed by atoms with van der Waals surface area (Å²) < 4.78 is 5.12. The summed E-state index contributed by atoms with van der Waals surface area (Å²) in [7, 11) is 0. The molecule has 2 aromatic heterocycles. The molecular formula is C14H15ClN4O3. The van der Waals surface area contributed by atoms with Gasteiger partial charge in [-0.05, 0) is 25.1 Å². The van der Waals surface area contributed by atoms with Crippen molar-refractivity contribution < 1.29 is 14.0 Å². The van der Waals surface area contributed by atoms with Crippen LogP contribution in [0.15, 0.2) is 35.1 Å². The molecular weight excluding hydrogens is 308 g/mol. The Labute approximate surface area is 131 Å². The fraction of sp³-hybridized carbons (Fsp3) is 0.214. The van der Waals surface area contributed by atoms with Crippen molar-refractivity contribution >= 4 is 29.2 Å². The molecule has 0 spiro atoms. The number of rotatable bonds is 6. The first-order chi connectivity index (χ1) is 10.5. The van der Waals surface area contributed by atoms with E-state index in [1.165, 1.54) is 18.5 Å². The van der Waals surface area contributed by atoms with E-state index in [0.717, 1.165) is 0 Å². The fourth-order valence-corrected chi connectivity index (χ4v) is 1.91. The highest BCUT2D eigenvalue weighted by Gasteiger charge is 2.15. The van der Waals surface area contributed by atoms with Gasteiger partial charge in [0.05, 0.1) is 23.4 Å². The van der Waals surface area contributed by atoms with Gasteiger partial charge in [-0.3, -0.25) is 9.59 Å². The molecule has 8 heteroatoms. The minimum Gasteiger partial charge on any atom is -0.467 e. The molecule has 0 saturated heterocycles. The quantitative estimate of drug-likeness (QED) is 0.747. The van der Waals surface area contributed by atoms with Crippen molar-refractivity contribution in [1.29, 1.82) is 0 Å². The average molecular weight is 323 g/mol. The predicted molar refractivity (Wildman–Crippen MR) is 81.4 cm³/mol. The maximum atomic E-state index is 12.0. The molecule has 116 valence electrons. The van der Waals surface area contributed by atoms with Crippen molar-refractivity contribution in [2.24, 2.45) is 5.73 Å². The number of carbonyl (C=O) groups excluding carboxylic acids is 2. The molecule has 0 bridgehead atoms. The number of amides is 2. The zero-order chi connectivity index (χ0) is 16.1. The molecule has 4 N–H and O–H groups in total. The minimum absolute atomic E-state index is 0.200. The van der Waals surface area contributed by atoms with Gasteiger partial charge in [0.1, 0.15) is 17.6 Å². The van der Waals surface area contributed by atoms with E-state index in [-0.39, 0.29) is 16.5 Å². The first-order valence-electron chi connectivity index (χ1n) is 6.49. The number of hydrogen-bond acceptors (Lipinski definition) is 5. The lowest BCUT2D eigenvalue weighted by Gasteiger charge is -2.15. The summed E-state index contributed by atoms with van der Waals surface area (Å²) in [6.45, 7) is 1.96. The SMILES string of the molecule is CC(Nc1ncc(C(N)=O)cc1Cl)C(=O)NCc1ccco1. The Hall–Kier alpha value is -2.54. The van der Waals surface area contributed by atoms with E-state index in [4.69, 9.17) is 21.8 Å². The van der Waals surface area contributed by atoms with Crippen molar-refractivity contribution in [3.63, 3.8) is 0 Å². The zero-order valence-electron chi connectivity index (χ0n) is 11.8. The molecule has 1 atom stereocenters. The van der Waals surface area contributed by atoms with E-state index in [0.29, 0.717) is 18.1 Å². The monoisotopic (exact) mass is 322 g/mol. The van der Waals surface area contributed by atoms with Gasteiger partial charge in [-0.2, -0.15) is 0 Å². The number of nitrogens with zero attached hydrogens (tertiary/aromatic N) is 1. The Morgan fingerprint density at radius 2 is 2.27 bits per heavy atom. The van der Waals surface area contributed by atoms with Gasteiger partial charge in [0.2, 0.25) is 11.8 Å². The molecule has 1 unspecified atom stereocenters. The van der Waals surface area contributed by atoms with Gasteiger partial charge in [-0.1, -0.05) is 11.6 Å². The molecule has 2 rings (SSSR count). The van der Waals surface area contributed by atoms with Gasteiger partial charge in [0.25, 0.3) is 0 Å². The lowest BCUT2D eigenvalue weighted by Crippen LogP contribution is -2.37. The summed E-state index contributed by atoms with van der Waals surface area (Å²) in [5, 5.41) is 5.79. The molecule has 0 fully saturated rings. The molecule has 0 radical (unpaired) electrons. The van der Waals surface area contributed by atoms with Crippen LogP contribution in [0.3, 0.4) is 0 Å². The second-order valence-electron chi connectivity index (χ2n) is 4.58. The van der Waals surface area contributed by atoms with E-state index < -0.39 is 11.9 Å². The lowest BCUT2D eigenvalue weighted by molar-refractivity contribution is -0.121. The predicted octanol–water partition coefficient (Wildman–Crippen LogP) is 1.54. The molecule has 7 nitrogen and oxygen atoms in total. The van der Waals surface area contributed by atoms with Gasteiger partial charge >= 0.3 is 0 Å². The maximum absolute atomic E-state index is 12.0. The number of nitrogens with one attached hydrogen (secondary N) is 2. The number of anilines is 1. The normalized spacial score (nSPS) is 11.7. The maximum Gasteiger partial charge on any atom is 0.250 e. The number of primary amides is 1. The van der Waals surface area contributed by atoms with Crippen molar-refractivity contribution in [1.82, 2.24) is 10.3 Å². The molecule has 22 heavy (non-hydrogen) atoms. The van der Waals surface area contributed by atoms with Crippen molar-refractivity contribution in [2.75, 3.05) is 5.32 Å². The summed E-state index contributed by atoms with van der Waals surface area (Å²) in [5.41, 5.74) is 5.34. The van der Waals surface area contributed by atoms with Crippen molar-refractivity contribution in [3.05, 3.63) is 47.0 Å². The van der Waals surface area contributed by atoms with Gasteiger partial charge in [-0.25, -0.2) is 4.98 Å². The number of aromatic nitrogens is 1. The number of furan rings is 1. The second-order valence-corrected chi connectivity index (χ2v) is 4.99. The summed E-state index contributed by atoms with van der Waals surface area (Å²) in [6, 6.07) is 4.33. The number of halogens is 1. The van der Waals surface area contributed by atoms with Crippen LogP contribution in [0, 0.1) is 0 Å². The Kier molecular flexibility index (Phi) is 5.00. The highest BCUT2D eigenvalue weighted by molar-refractivity contribution is 6.33. The molecule has 2 aromatic rings. The number of carbonyl (C=O) groups is 2. The van der Waals surface area contributed by atoms with E-state index in [2.05, 4.69) is 15.6 Å². The Bertz CT molecular complexity index is 673. The van der Waals surface area contributed by atoms with Gasteiger partial charge in [0, 0.05) is 6.20 Å². The Morgan fingerprint density at radius 3 is 2.86 bits per heavy atom. The van der Waals surface area contributed by atoms with Crippen LogP contribution < -0.4 is 16.4 Å². The van der Waals surface area contributed by atoms with E-state index in [1.54, 1.807) is 19.1 Å². The Morgan fingerprint density at radius 1 is 1.50 bits per heavy atom. The van der Waals surface area contributed by atoms with Crippen LogP contribution in [0.25, 0.3) is 0 Å². The Balaban J connectivity index is 1.94. The first kappa shape index (κ1) is 15.8. The van der Waals surface area contributed by atoms with Crippen LogP contribution in [0.2, 0.25) is 5.02 Å². The lowest BCUT2D eigenvalue weighted by atomic mass is 10.2. The van der Waals surface area contributed by atoms with Crippen molar-refractivity contribution in [2.45, 2.75) is 19.5 Å². The van der Waals surface area contributed by atoms with Gasteiger partial charge < -0.3 is 20.8 Å². The van der Waals surface area contributed by atoms with Crippen LogP contribution >= 0.6 is 11.6 Å². The standard InChI is InChI=1S/C14H15ClN4O3/c1-8(14(21)18-7-10-3-2-4-22-10)19-13-11(15)5-9(6-17-13)12(16)20/h2-6,8H,7H2,1H3,(H2,16,20)(H,17,19)(H,18,21). The van der Waals surface area contributed by atoms with Gasteiger partial charge in [-0.15, -0.1) is 0 Å². The fourth-order valence-electron chi connectivity index (χ4n) is 1.69. The first-order valence-corrected chi connectivity index (χ1v) is 6.87. The summed E-state index contributed by atoms with van der Waals surface area (Å²) in [4.78, 5) is 27.0. The second kappa shape index (κ2) is 6.95. The molecule has 0 aromatic carbocycles. The summed E-state index contributed by atoms with van der Waals surface area (Å²) >= 11 is 6.00. The molecule has 0 aliphatic rings. The third-order valence-corrected chi connectivity index (χ3v) is 3.18. The number of hydrogen-bond donors (Lipinski definition) is 3. The molecule has 0 aliphatic heterocycles. The van der Waals surface area contributed by atoms with E-state index in [9.17, 15) is 9.59 Å². The number of pyridine rings is 1. The van der Waals surface area contributed by atoms with E-state index >= 15 is 0 Å². The molecule has 2 heterocycles. The highest BCUT2D eigenvalue weighted by atomic mass is 35.5. The summed E-state index contributed by atoms with van der Waals surface area (Å²) in [5.74, 6) is 0.0910. The molecule has 0 aliphatic carbocycles. The zero-order valence-corrected chi connectivity index (χ0v) is 12.6. The van der Waals surface area contributed by atoms with E-state index in [1.807, 2.05) is 0 Å². The smallest absolute Gasteiger partial charge is 0.250 e. The van der Waals surface area contributed by atoms with Crippen LogP contribution in [0.4, 0.5) is 5.82 Å². The minimum atomic E-state index is -0.620. The van der Waals surface area contributed by atoms with Crippen LogP contribution in [-0.2, 0) is 11.3 Å². The molecule has 0 saturated carbocycles. The highest BCUT2D eigenvalue weighted by Crippen LogP contribution is 2.20. The van der Waals surface area contributed by atoms with Gasteiger partial charge in [0.15, 0.2) is 0 Å². The third-order valence-electron chi connectivity index (χ3n) is 2.89. The topological polar surface area (TPSA) is 110 Å². The van der Waals surface area contributed by atoms with Crippen LogP contribution in [0.1, 0.15) is 23.0 Å². The summed E-state index contributed by atoms with van der Waals surface area (Å²) in [6.07, 6.45) is 2.83. The number of nitrogens with two attached hydrogens (primary N) is 1. The van der Waals surface area contributed by atoms with Crippen LogP contribution in [0.5, 0.6) is 0 Å². The van der Waals surface area contributed by atoms with Crippen molar-refractivity contribution in [3.8, 4) is 0 Å². The molecule has 2 amide bonds.